The molecule has 0 aromatic carbocycles. The van der Waals surface area contributed by atoms with E-state index in [0.29, 0.717) is 12.2 Å². The van der Waals surface area contributed by atoms with Crippen LogP contribution in [-0.2, 0) is 15.3 Å². The molecule has 1 amide bonds. The molecule has 106 valence electrons. The number of hydrogen-bond acceptors (Lipinski definition) is 4. The fourth-order valence-corrected chi connectivity index (χ4v) is 3.25. The third-order valence-corrected chi connectivity index (χ3v) is 4.44. The zero-order chi connectivity index (χ0) is 14.3. The molecule has 0 radical (unpaired) electrons. The first-order valence-electron chi connectivity index (χ1n) is 6.11. The van der Waals surface area contributed by atoms with Crippen LogP contribution in [0.3, 0.4) is 0 Å². The summed E-state index contributed by atoms with van der Waals surface area (Å²) in [7, 11) is 0. The SMILES string of the molecule is CC(C)CC(NC(=O)CSCc1cccs1)C(=O)O. The van der Waals surface area contributed by atoms with Crippen molar-refractivity contribution >= 4 is 35.0 Å². The Morgan fingerprint density at radius 2 is 2.21 bits per heavy atom. The second-order valence-corrected chi connectivity index (χ2v) is 6.68. The third-order valence-electron chi connectivity index (χ3n) is 2.40. The van der Waals surface area contributed by atoms with Gasteiger partial charge in [0.15, 0.2) is 0 Å². The van der Waals surface area contributed by atoms with Crippen molar-refractivity contribution in [2.75, 3.05) is 5.75 Å². The second kappa shape index (κ2) is 8.22. The van der Waals surface area contributed by atoms with Crippen LogP contribution in [0.1, 0.15) is 25.1 Å². The monoisotopic (exact) mass is 301 g/mol. The van der Waals surface area contributed by atoms with Crippen LogP contribution in [0.15, 0.2) is 17.5 Å². The summed E-state index contributed by atoms with van der Waals surface area (Å²) in [4.78, 5) is 23.9. The first kappa shape index (κ1) is 16.0. The second-order valence-electron chi connectivity index (χ2n) is 4.66. The molecular weight excluding hydrogens is 282 g/mol. The van der Waals surface area contributed by atoms with E-state index in [0.717, 1.165) is 5.75 Å². The van der Waals surface area contributed by atoms with Gasteiger partial charge >= 0.3 is 5.97 Å². The molecule has 1 heterocycles. The van der Waals surface area contributed by atoms with Gasteiger partial charge in [-0.05, 0) is 23.8 Å². The predicted octanol–water partition coefficient (Wildman–Crippen LogP) is 2.60. The number of rotatable bonds is 8. The van der Waals surface area contributed by atoms with Crippen LogP contribution in [0.2, 0.25) is 0 Å². The van der Waals surface area contributed by atoms with E-state index in [1.807, 2.05) is 31.4 Å². The summed E-state index contributed by atoms with van der Waals surface area (Å²) in [6.07, 6.45) is 0.455. The van der Waals surface area contributed by atoms with Crippen molar-refractivity contribution in [3.63, 3.8) is 0 Å². The highest BCUT2D eigenvalue weighted by Gasteiger charge is 2.20. The molecule has 0 aliphatic heterocycles. The average Bonchev–Trinajstić information content (AvgIpc) is 2.80. The van der Waals surface area contributed by atoms with Gasteiger partial charge in [-0.15, -0.1) is 23.1 Å². The van der Waals surface area contributed by atoms with E-state index < -0.39 is 12.0 Å². The van der Waals surface area contributed by atoms with Crippen LogP contribution in [-0.4, -0.2) is 28.8 Å². The summed E-state index contributed by atoms with van der Waals surface area (Å²) in [5, 5.41) is 13.6. The van der Waals surface area contributed by atoms with Gasteiger partial charge < -0.3 is 10.4 Å². The van der Waals surface area contributed by atoms with E-state index in [1.165, 1.54) is 16.6 Å². The van der Waals surface area contributed by atoms with Gasteiger partial charge in [0.05, 0.1) is 5.75 Å². The van der Waals surface area contributed by atoms with E-state index in [1.54, 1.807) is 11.3 Å². The Bertz CT molecular complexity index is 404. The van der Waals surface area contributed by atoms with E-state index in [4.69, 9.17) is 5.11 Å². The van der Waals surface area contributed by atoms with Crippen molar-refractivity contribution in [2.24, 2.45) is 5.92 Å². The molecule has 1 unspecified atom stereocenters. The lowest BCUT2D eigenvalue weighted by atomic mass is 10.0. The summed E-state index contributed by atoms with van der Waals surface area (Å²) in [5.74, 6) is 0.132. The highest BCUT2D eigenvalue weighted by Crippen LogP contribution is 2.16. The molecule has 1 rings (SSSR count). The smallest absolute Gasteiger partial charge is 0.326 e. The van der Waals surface area contributed by atoms with E-state index in [2.05, 4.69) is 5.32 Å². The number of carbonyl (C=O) groups excluding carboxylic acids is 1. The number of aliphatic carboxylic acids is 1. The van der Waals surface area contributed by atoms with Crippen molar-refractivity contribution in [1.82, 2.24) is 5.32 Å². The molecule has 0 fully saturated rings. The first-order chi connectivity index (χ1) is 8.99. The van der Waals surface area contributed by atoms with E-state index in [-0.39, 0.29) is 11.8 Å². The molecule has 0 saturated carbocycles. The van der Waals surface area contributed by atoms with Crippen molar-refractivity contribution in [3.05, 3.63) is 22.4 Å². The van der Waals surface area contributed by atoms with Crippen LogP contribution >= 0.6 is 23.1 Å². The topological polar surface area (TPSA) is 66.4 Å². The molecule has 0 aliphatic rings. The van der Waals surface area contributed by atoms with Crippen molar-refractivity contribution in [2.45, 2.75) is 32.1 Å². The van der Waals surface area contributed by atoms with Gasteiger partial charge in [0.1, 0.15) is 6.04 Å². The van der Waals surface area contributed by atoms with Gasteiger partial charge in [0.2, 0.25) is 5.91 Å². The van der Waals surface area contributed by atoms with Gasteiger partial charge in [0, 0.05) is 10.6 Å². The van der Waals surface area contributed by atoms with Gasteiger partial charge in [0.25, 0.3) is 0 Å². The number of carboxylic acid groups (broad SMARTS) is 1. The molecule has 0 aliphatic carbocycles. The Morgan fingerprint density at radius 1 is 1.47 bits per heavy atom. The molecule has 2 N–H and O–H groups in total. The van der Waals surface area contributed by atoms with E-state index in [9.17, 15) is 9.59 Å². The van der Waals surface area contributed by atoms with Gasteiger partial charge in [-0.1, -0.05) is 19.9 Å². The Balaban J connectivity index is 2.30. The number of thiophene rings is 1. The third kappa shape index (κ3) is 6.63. The molecule has 4 nitrogen and oxygen atoms in total. The lowest BCUT2D eigenvalue weighted by molar-refractivity contribution is -0.141. The minimum atomic E-state index is -0.967. The number of hydrogen-bond donors (Lipinski definition) is 2. The highest BCUT2D eigenvalue weighted by molar-refractivity contribution is 7.99. The molecule has 0 saturated heterocycles. The summed E-state index contributed by atoms with van der Waals surface area (Å²) < 4.78 is 0. The van der Waals surface area contributed by atoms with Crippen molar-refractivity contribution < 1.29 is 14.7 Å². The number of nitrogens with one attached hydrogen (secondary N) is 1. The van der Waals surface area contributed by atoms with Crippen molar-refractivity contribution in [3.8, 4) is 0 Å². The molecule has 6 heteroatoms. The number of carboxylic acids is 1. The van der Waals surface area contributed by atoms with Gasteiger partial charge in [-0.25, -0.2) is 4.79 Å². The largest absolute Gasteiger partial charge is 0.480 e. The lowest BCUT2D eigenvalue weighted by Gasteiger charge is -2.16. The predicted molar refractivity (Wildman–Crippen MR) is 79.5 cm³/mol. The Morgan fingerprint density at radius 3 is 2.74 bits per heavy atom. The van der Waals surface area contributed by atoms with Crippen LogP contribution < -0.4 is 5.32 Å². The summed E-state index contributed by atoms with van der Waals surface area (Å²) >= 11 is 3.15. The van der Waals surface area contributed by atoms with Crippen LogP contribution in [0.5, 0.6) is 0 Å². The standard InChI is InChI=1S/C13H19NO3S2/c1-9(2)6-11(13(16)17)14-12(15)8-18-7-10-4-3-5-19-10/h3-5,9,11H,6-8H2,1-2H3,(H,14,15)(H,16,17). The molecule has 1 atom stereocenters. The summed E-state index contributed by atoms with van der Waals surface area (Å²) in [6.45, 7) is 3.88. The fourth-order valence-electron chi connectivity index (χ4n) is 1.57. The maximum atomic E-state index is 11.7. The number of amides is 1. The van der Waals surface area contributed by atoms with E-state index >= 15 is 0 Å². The minimum absolute atomic E-state index is 0.213. The quantitative estimate of drug-likeness (QED) is 0.774. The van der Waals surface area contributed by atoms with Crippen LogP contribution in [0.25, 0.3) is 0 Å². The van der Waals surface area contributed by atoms with Crippen LogP contribution in [0.4, 0.5) is 0 Å². The Kier molecular flexibility index (Phi) is 6.94. The van der Waals surface area contributed by atoms with Crippen molar-refractivity contribution in [1.29, 1.82) is 0 Å². The molecule has 1 aromatic heterocycles. The highest BCUT2D eigenvalue weighted by atomic mass is 32.2. The van der Waals surface area contributed by atoms with Crippen LogP contribution in [0, 0.1) is 5.92 Å². The average molecular weight is 301 g/mol. The zero-order valence-electron chi connectivity index (χ0n) is 11.1. The maximum Gasteiger partial charge on any atom is 0.326 e. The first-order valence-corrected chi connectivity index (χ1v) is 8.14. The number of thioether (sulfide) groups is 1. The molecule has 0 spiro atoms. The fraction of sp³-hybridized carbons (Fsp3) is 0.538. The lowest BCUT2D eigenvalue weighted by Crippen LogP contribution is -2.42. The minimum Gasteiger partial charge on any atom is -0.480 e. The maximum absolute atomic E-state index is 11.7. The summed E-state index contributed by atoms with van der Waals surface area (Å²) in [6, 6.07) is 3.22. The Labute approximate surface area is 121 Å². The van der Waals surface area contributed by atoms with Gasteiger partial charge in [-0.3, -0.25) is 4.79 Å². The zero-order valence-corrected chi connectivity index (χ0v) is 12.7. The molecule has 19 heavy (non-hydrogen) atoms. The molecule has 1 aromatic rings. The number of carbonyl (C=O) groups is 2. The molecular formula is C13H19NO3S2. The normalized spacial score (nSPS) is 12.4. The Hall–Kier alpha value is -1.01. The van der Waals surface area contributed by atoms with Gasteiger partial charge in [-0.2, -0.15) is 0 Å². The summed E-state index contributed by atoms with van der Waals surface area (Å²) in [5.41, 5.74) is 0. The molecule has 0 bridgehead atoms.